The summed E-state index contributed by atoms with van der Waals surface area (Å²) in [6.45, 7) is 4.15. The van der Waals surface area contributed by atoms with Crippen molar-refractivity contribution in [1.82, 2.24) is 0 Å². The van der Waals surface area contributed by atoms with E-state index in [0.29, 0.717) is 17.4 Å². The summed E-state index contributed by atoms with van der Waals surface area (Å²) in [6.07, 6.45) is 32.0. The smallest absolute Gasteiger partial charge is 0.306 e. The lowest BCUT2D eigenvalue weighted by molar-refractivity contribution is -0.870. The van der Waals surface area contributed by atoms with Gasteiger partial charge in [-0.1, -0.05) is 109 Å². The van der Waals surface area contributed by atoms with Gasteiger partial charge in [0.15, 0.2) is 6.10 Å². The molecule has 0 saturated carbocycles. The molecule has 0 spiro atoms. The second-order valence-electron chi connectivity index (χ2n) is 14.3. The fourth-order valence-electron chi connectivity index (χ4n) is 5.05. The summed E-state index contributed by atoms with van der Waals surface area (Å²) in [7, 11) is 1.15. The van der Waals surface area contributed by atoms with Crippen LogP contribution in [0.4, 0.5) is 0 Å². The lowest BCUT2D eigenvalue weighted by atomic mass is 10.1. The van der Waals surface area contributed by atoms with Crippen LogP contribution in [0.15, 0.2) is 24.3 Å². The second-order valence-corrected chi connectivity index (χ2v) is 15.7. The number of hydrogen-bond donors (Lipinski definition) is 0. The normalized spacial score (nSPS) is 14.0. The van der Waals surface area contributed by atoms with E-state index in [1.54, 1.807) is 0 Å². The molecule has 0 aromatic carbocycles. The van der Waals surface area contributed by atoms with Gasteiger partial charge in [-0.05, 0) is 64.2 Å². The summed E-state index contributed by atoms with van der Waals surface area (Å²) < 4.78 is 33.7. The minimum absolute atomic E-state index is 0.0329. The van der Waals surface area contributed by atoms with Gasteiger partial charge in [-0.3, -0.25) is 14.2 Å². The Morgan fingerprint density at radius 3 is 1.55 bits per heavy atom. The van der Waals surface area contributed by atoms with Crippen molar-refractivity contribution < 1.29 is 42.1 Å². The Bertz CT molecular complexity index is 902. The number of allylic oxidation sites excluding steroid dienone is 4. The molecule has 0 bridgehead atoms. The SMILES string of the molecule is CCCCC/C=C\CCCCCCCC(=O)OCC(COP(=O)([O-])OCC[N+](C)(C)C)OC(=O)CCCCCCC/C=C\CCCCCC. The van der Waals surface area contributed by atoms with Gasteiger partial charge in [-0.25, -0.2) is 0 Å². The fourth-order valence-corrected chi connectivity index (χ4v) is 5.78. The first-order chi connectivity index (χ1) is 23.5. The maximum Gasteiger partial charge on any atom is 0.306 e. The molecule has 0 saturated heterocycles. The Hall–Kier alpha value is -1.51. The molecule has 9 nitrogen and oxygen atoms in total. The van der Waals surface area contributed by atoms with Gasteiger partial charge in [0, 0.05) is 12.8 Å². The predicted octanol–water partition coefficient (Wildman–Crippen LogP) is 9.77. The summed E-state index contributed by atoms with van der Waals surface area (Å²) in [5, 5.41) is 0. The predicted molar refractivity (Wildman–Crippen MR) is 199 cm³/mol. The molecule has 0 amide bonds. The van der Waals surface area contributed by atoms with Gasteiger partial charge >= 0.3 is 11.9 Å². The number of quaternary nitrogens is 1. The molecule has 49 heavy (non-hydrogen) atoms. The molecule has 0 aromatic rings. The third kappa shape index (κ3) is 36.1. The molecular weight excluding hydrogens is 641 g/mol. The molecule has 0 radical (unpaired) electrons. The third-order valence-corrected chi connectivity index (χ3v) is 9.16. The van der Waals surface area contributed by atoms with Gasteiger partial charge in [0.25, 0.3) is 7.82 Å². The largest absolute Gasteiger partial charge is 0.756 e. The number of hydrogen-bond acceptors (Lipinski definition) is 8. The molecule has 2 unspecified atom stereocenters. The molecular formula is C39H74NO8P. The van der Waals surface area contributed by atoms with Gasteiger partial charge in [0.05, 0.1) is 27.7 Å². The molecule has 0 rings (SSSR count). The topological polar surface area (TPSA) is 111 Å². The highest BCUT2D eigenvalue weighted by atomic mass is 31.2. The van der Waals surface area contributed by atoms with E-state index in [2.05, 4.69) is 38.2 Å². The van der Waals surface area contributed by atoms with Gasteiger partial charge in [-0.15, -0.1) is 0 Å². The van der Waals surface area contributed by atoms with E-state index in [9.17, 15) is 19.0 Å². The van der Waals surface area contributed by atoms with Crippen LogP contribution in [0, 0.1) is 0 Å². The van der Waals surface area contributed by atoms with Crippen LogP contribution in [0.1, 0.15) is 162 Å². The lowest BCUT2D eigenvalue weighted by Crippen LogP contribution is -2.37. The van der Waals surface area contributed by atoms with Crippen LogP contribution < -0.4 is 4.89 Å². The van der Waals surface area contributed by atoms with Crippen molar-refractivity contribution in [3.05, 3.63) is 24.3 Å². The highest BCUT2D eigenvalue weighted by Gasteiger charge is 2.21. The second kappa shape index (κ2) is 32.4. The Balaban J connectivity index is 4.46. The zero-order chi connectivity index (χ0) is 36.5. The average Bonchev–Trinajstić information content (AvgIpc) is 3.04. The van der Waals surface area contributed by atoms with Gasteiger partial charge in [-0.2, -0.15) is 0 Å². The van der Waals surface area contributed by atoms with Gasteiger partial charge < -0.3 is 27.9 Å². The summed E-state index contributed by atoms with van der Waals surface area (Å²) in [6, 6.07) is 0. The van der Waals surface area contributed by atoms with Crippen molar-refractivity contribution in [3.8, 4) is 0 Å². The Kier molecular flexibility index (Phi) is 31.4. The quantitative estimate of drug-likeness (QED) is 0.0210. The van der Waals surface area contributed by atoms with E-state index in [0.717, 1.165) is 70.6 Å². The first kappa shape index (κ1) is 47.5. The van der Waals surface area contributed by atoms with Crippen LogP contribution in [0.3, 0.4) is 0 Å². The molecule has 0 aliphatic heterocycles. The van der Waals surface area contributed by atoms with E-state index in [1.165, 1.54) is 57.8 Å². The van der Waals surface area contributed by atoms with Crippen molar-refractivity contribution in [1.29, 1.82) is 0 Å². The molecule has 288 valence electrons. The molecule has 0 aliphatic rings. The maximum absolute atomic E-state index is 12.6. The van der Waals surface area contributed by atoms with E-state index < -0.39 is 32.5 Å². The molecule has 0 N–H and O–H groups in total. The zero-order valence-electron chi connectivity index (χ0n) is 32.1. The van der Waals surface area contributed by atoms with Crippen molar-refractivity contribution in [2.75, 3.05) is 47.5 Å². The minimum Gasteiger partial charge on any atom is -0.756 e. The standard InChI is InChI=1S/C39H74NO8P/c1-6-8-10-12-14-16-18-20-22-24-26-28-30-32-39(42)48-37(36-47-49(43,44)46-34-33-40(3,4)5)35-45-38(41)31-29-27-25-23-21-19-17-15-13-11-9-7-2/h15-18,37H,6-14,19-36H2,1-5H3/b17-15-,18-16-. The number of unbranched alkanes of at least 4 members (excludes halogenated alkanes) is 17. The summed E-state index contributed by atoms with van der Waals surface area (Å²) in [5.41, 5.74) is 0. The van der Waals surface area contributed by atoms with Crippen LogP contribution in [-0.4, -0.2) is 70.0 Å². The highest BCUT2D eigenvalue weighted by Crippen LogP contribution is 2.38. The zero-order valence-corrected chi connectivity index (χ0v) is 33.0. The number of phosphoric ester groups is 1. The van der Waals surface area contributed by atoms with Crippen LogP contribution >= 0.6 is 7.82 Å². The molecule has 0 aliphatic carbocycles. The average molecular weight is 716 g/mol. The first-order valence-corrected chi connectivity index (χ1v) is 21.0. The minimum atomic E-state index is -4.62. The van der Waals surface area contributed by atoms with Crippen molar-refractivity contribution in [3.63, 3.8) is 0 Å². The molecule has 0 heterocycles. The van der Waals surface area contributed by atoms with Crippen molar-refractivity contribution in [2.24, 2.45) is 0 Å². The maximum atomic E-state index is 12.6. The number of esters is 2. The first-order valence-electron chi connectivity index (χ1n) is 19.5. The van der Waals surface area contributed by atoms with Crippen LogP contribution in [0.2, 0.25) is 0 Å². The third-order valence-electron chi connectivity index (χ3n) is 8.19. The monoisotopic (exact) mass is 716 g/mol. The molecule has 0 aromatic heterocycles. The van der Waals surface area contributed by atoms with Gasteiger partial charge in [0.2, 0.25) is 0 Å². The number of likely N-dealkylation sites (N-methyl/N-ethyl adjacent to an activating group) is 1. The number of carbonyl (C=O) groups excluding carboxylic acids is 2. The molecule has 2 atom stereocenters. The fraction of sp³-hybridized carbons (Fsp3) is 0.846. The van der Waals surface area contributed by atoms with E-state index in [4.69, 9.17) is 18.5 Å². The number of nitrogens with zero attached hydrogens (tertiary/aromatic N) is 1. The van der Waals surface area contributed by atoms with E-state index in [1.807, 2.05) is 21.1 Å². The number of carbonyl (C=O) groups is 2. The number of ether oxygens (including phenoxy) is 2. The van der Waals surface area contributed by atoms with Crippen LogP contribution in [0.25, 0.3) is 0 Å². The highest BCUT2D eigenvalue weighted by molar-refractivity contribution is 7.45. The number of phosphoric acid groups is 1. The van der Waals surface area contributed by atoms with Gasteiger partial charge in [0.1, 0.15) is 19.8 Å². The van der Waals surface area contributed by atoms with Crippen LogP contribution in [-0.2, 0) is 32.7 Å². The summed E-state index contributed by atoms with van der Waals surface area (Å²) >= 11 is 0. The Labute approximate surface area is 300 Å². The van der Waals surface area contributed by atoms with E-state index >= 15 is 0 Å². The molecule has 0 fully saturated rings. The van der Waals surface area contributed by atoms with Crippen molar-refractivity contribution in [2.45, 2.75) is 168 Å². The Morgan fingerprint density at radius 2 is 1.04 bits per heavy atom. The molecule has 10 heteroatoms. The lowest BCUT2D eigenvalue weighted by Gasteiger charge is -2.28. The summed E-state index contributed by atoms with van der Waals surface area (Å²) in [4.78, 5) is 37.3. The van der Waals surface area contributed by atoms with Crippen molar-refractivity contribution >= 4 is 19.8 Å². The number of rotatable bonds is 35. The van der Waals surface area contributed by atoms with Crippen LogP contribution in [0.5, 0.6) is 0 Å². The van der Waals surface area contributed by atoms with E-state index in [-0.39, 0.29) is 26.1 Å². The summed E-state index contributed by atoms with van der Waals surface area (Å²) in [5.74, 6) is -0.856. The Morgan fingerprint density at radius 1 is 0.612 bits per heavy atom.